The second-order valence-electron chi connectivity index (χ2n) is 7.80. The first kappa shape index (κ1) is 29.3. The molecule has 0 radical (unpaired) electrons. The molecule has 0 aliphatic carbocycles. The summed E-state index contributed by atoms with van der Waals surface area (Å²) in [5.74, 6) is 1.35. The number of hydrogen-bond donors (Lipinski definition) is 5. The van der Waals surface area contributed by atoms with Gasteiger partial charge in [-0.05, 0) is 48.2 Å². The van der Waals surface area contributed by atoms with Gasteiger partial charge in [0.15, 0.2) is 29.1 Å². The molecule has 36 heavy (non-hydrogen) atoms. The molecule has 0 fully saturated rings. The number of aliphatic hydroxyl groups excluding tert-OH is 5. The van der Waals surface area contributed by atoms with Gasteiger partial charge in [-0.2, -0.15) is 0 Å². The summed E-state index contributed by atoms with van der Waals surface area (Å²) in [4.78, 5) is 0. The zero-order chi connectivity index (χ0) is 26.7. The van der Waals surface area contributed by atoms with E-state index in [-0.39, 0.29) is 35.2 Å². The Balaban J connectivity index is 2.42. The summed E-state index contributed by atoms with van der Waals surface area (Å²) in [5, 5.41) is 49.0. The maximum absolute atomic E-state index is 11.1. The molecule has 0 aromatic heterocycles. The molecule has 2 aromatic rings. The predicted octanol–water partition coefficient (Wildman–Crippen LogP) is 0.851. The number of hydrogen-bond acceptors (Lipinski definition) is 11. The van der Waals surface area contributed by atoms with Gasteiger partial charge in [-0.1, -0.05) is 0 Å². The van der Waals surface area contributed by atoms with Gasteiger partial charge in [0.05, 0.1) is 48.3 Å². The summed E-state index contributed by atoms with van der Waals surface area (Å²) in [5.41, 5.74) is 1.15. The van der Waals surface area contributed by atoms with Crippen LogP contribution in [0.2, 0.25) is 0 Å². The monoisotopic (exact) mass is 512 g/mol. The Kier molecular flexibility index (Phi) is 11.8. The van der Waals surface area contributed by atoms with E-state index in [1.807, 2.05) is 0 Å². The number of benzene rings is 2. The first-order valence-corrected chi connectivity index (χ1v) is 11.4. The lowest BCUT2D eigenvalue weighted by molar-refractivity contribution is -0.00195. The van der Waals surface area contributed by atoms with Crippen molar-refractivity contribution in [2.75, 3.05) is 54.9 Å². The van der Waals surface area contributed by atoms with Gasteiger partial charge in [-0.25, -0.2) is 0 Å². The maximum atomic E-state index is 11.1. The quantitative estimate of drug-likeness (QED) is 0.217. The molecule has 0 heterocycles. The van der Waals surface area contributed by atoms with Crippen molar-refractivity contribution in [2.45, 2.75) is 31.2 Å². The molecule has 11 heteroatoms. The summed E-state index contributed by atoms with van der Waals surface area (Å²) in [7, 11) is 5.70. The predicted molar refractivity (Wildman–Crippen MR) is 130 cm³/mol. The van der Waals surface area contributed by atoms with Gasteiger partial charge in [-0.3, -0.25) is 0 Å². The molecule has 0 spiro atoms. The van der Waals surface area contributed by atoms with Crippen LogP contribution in [0.15, 0.2) is 24.3 Å². The number of aliphatic hydroxyl groups is 5. The number of aryl methyl sites for hydroxylation is 1. The highest BCUT2D eigenvalue weighted by molar-refractivity contribution is 5.56. The third-order valence-corrected chi connectivity index (χ3v) is 5.46. The van der Waals surface area contributed by atoms with Crippen LogP contribution in [-0.2, 0) is 6.42 Å². The Bertz CT molecular complexity index is 896. The molecule has 0 bridgehead atoms. The fourth-order valence-corrected chi connectivity index (χ4v) is 3.53. The molecule has 0 aliphatic heterocycles. The SMILES string of the molecule is COc1cc([C@H](O)[C@@H](CO)Oc2c(OC)cc(CCCO)cc2OC)cc(OC)c1OC(CO)CO. The zero-order valence-corrected chi connectivity index (χ0v) is 21.0. The fraction of sp³-hybridized carbons (Fsp3) is 0.520. The summed E-state index contributed by atoms with van der Waals surface area (Å²) >= 11 is 0. The topological polar surface area (TPSA) is 157 Å². The normalized spacial score (nSPS) is 12.7. The molecule has 0 aliphatic rings. The number of ether oxygens (including phenoxy) is 6. The van der Waals surface area contributed by atoms with Gasteiger partial charge >= 0.3 is 0 Å². The smallest absolute Gasteiger partial charge is 0.204 e. The van der Waals surface area contributed by atoms with Crippen molar-refractivity contribution in [3.05, 3.63) is 35.4 Å². The standard InChI is InChI=1S/C25H36O11/c1-31-18-8-15(6-5-7-26)9-19(32-2)25(18)36-22(14-29)23(30)16-10-20(33-3)24(21(11-16)34-4)35-17(12-27)13-28/h8-11,17,22-23,26-30H,5-7,12-14H2,1-4H3/t22-,23+/m1/s1. The Hall–Kier alpha value is -2.96. The lowest BCUT2D eigenvalue weighted by atomic mass is 10.0. The molecule has 2 rings (SSSR count). The average Bonchev–Trinajstić information content (AvgIpc) is 2.92. The van der Waals surface area contributed by atoms with Gasteiger partial charge in [0.2, 0.25) is 11.5 Å². The van der Waals surface area contributed by atoms with Crippen LogP contribution in [0, 0.1) is 0 Å². The van der Waals surface area contributed by atoms with E-state index >= 15 is 0 Å². The molecule has 0 saturated heterocycles. The highest BCUT2D eigenvalue weighted by Crippen LogP contribution is 2.43. The van der Waals surface area contributed by atoms with Crippen LogP contribution in [0.5, 0.6) is 34.5 Å². The molecule has 5 N–H and O–H groups in total. The van der Waals surface area contributed by atoms with Crippen molar-refractivity contribution in [2.24, 2.45) is 0 Å². The van der Waals surface area contributed by atoms with Crippen molar-refractivity contribution in [3.63, 3.8) is 0 Å². The van der Waals surface area contributed by atoms with Crippen LogP contribution in [-0.4, -0.2) is 92.6 Å². The number of methoxy groups -OCH3 is 4. The minimum atomic E-state index is -1.35. The molecule has 2 atom stereocenters. The Labute approximate surface area is 210 Å². The average molecular weight is 513 g/mol. The second kappa shape index (κ2) is 14.6. The highest BCUT2D eigenvalue weighted by atomic mass is 16.6. The highest BCUT2D eigenvalue weighted by Gasteiger charge is 2.29. The summed E-state index contributed by atoms with van der Waals surface area (Å²) in [6.07, 6.45) is -2.23. The van der Waals surface area contributed by atoms with E-state index in [0.29, 0.717) is 24.3 Å². The summed E-state index contributed by atoms with van der Waals surface area (Å²) in [6.45, 7) is -1.38. The fourth-order valence-electron chi connectivity index (χ4n) is 3.53. The second-order valence-corrected chi connectivity index (χ2v) is 7.80. The molecule has 0 amide bonds. The van der Waals surface area contributed by atoms with Crippen molar-refractivity contribution in [1.29, 1.82) is 0 Å². The minimum absolute atomic E-state index is 0.0407. The van der Waals surface area contributed by atoms with Gasteiger partial charge in [0.25, 0.3) is 0 Å². The summed E-state index contributed by atoms with van der Waals surface area (Å²) < 4.78 is 33.3. The van der Waals surface area contributed by atoms with Crippen LogP contribution in [0.4, 0.5) is 0 Å². The lowest BCUT2D eigenvalue weighted by Crippen LogP contribution is -2.30. The van der Waals surface area contributed by atoms with E-state index in [0.717, 1.165) is 5.56 Å². The molecular weight excluding hydrogens is 476 g/mol. The molecule has 0 saturated carbocycles. The molecular formula is C25H36O11. The van der Waals surface area contributed by atoms with Gasteiger partial charge < -0.3 is 54.0 Å². The molecule has 202 valence electrons. The van der Waals surface area contributed by atoms with E-state index in [1.165, 1.54) is 40.6 Å². The molecule has 11 nitrogen and oxygen atoms in total. The van der Waals surface area contributed by atoms with Crippen LogP contribution in [0.3, 0.4) is 0 Å². The zero-order valence-electron chi connectivity index (χ0n) is 21.0. The van der Waals surface area contributed by atoms with Crippen LogP contribution in [0.25, 0.3) is 0 Å². The van der Waals surface area contributed by atoms with E-state index in [9.17, 15) is 20.4 Å². The van der Waals surface area contributed by atoms with Crippen molar-refractivity contribution < 1.29 is 54.0 Å². The van der Waals surface area contributed by atoms with Crippen molar-refractivity contribution in [3.8, 4) is 34.5 Å². The maximum Gasteiger partial charge on any atom is 0.204 e. The Morgan fingerprint density at radius 2 is 1.14 bits per heavy atom. The number of rotatable bonds is 16. The van der Waals surface area contributed by atoms with E-state index in [1.54, 1.807) is 12.1 Å². The minimum Gasteiger partial charge on any atom is -0.493 e. The van der Waals surface area contributed by atoms with Crippen LogP contribution < -0.4 is 28.4 Å². The lowest BCUT2D eigenvalue weighted by Gasteiger charge is -2.26. The van der Waals surface area contributed by atoms with Crippen LogP contribution >= 0.6 is 0 Å². The van der Waals surface area contributed by atoms with E-state index < -0.39 is 38.1 Å². The Morgan fingerprint density at radius 3 is 1.56 bits per heavy atom. The largest absolute Gasteiger partial charge is 0.493 e. The van der Waals surface area contributed by atoms with Gasteiger partial charge in [0, 0.05) is 6.61 Å². The first-order chi connectivity index (χ1) is 17.4. The first-order valence-electron chi connectivity index (χ1n) is 11.4. The van der Waals surface area contributed by atoms with Gasteiger partial charge in [-0.15, -0.1) is 0 Å². The third-order valence-electron chi connectivity index (χ3n) is 5.46. The van der Waals surface area contributed by atoms with E-state index in [4.69, 9.17) is 33.5 Å². The van der Waals surface area contributed by atoms with Gasteiger partial charge in [0.1, 0.15) is 12.2 Å². The molecule has 2 aromatic carbocycles. The summed E-state index contributed by atoms with van der Waals surface area (Å²) in [6, 6.07) is 6.44. The molecule has 0 unspecified atom stereocenters. The van der Waals surface area contributed by atoms with Crippen molar-refractivity contribution in [1.82, 2.24) is 0 Å². The Morgan fingerprint density at radius 1 is 0.667 bits per heavy atom. The van der Waals surface area contributed by atoms with Crippen LogP contribution in [0.1, 0.15) is 23.7 Å². The third kappa shape index (κ3) is 7.05. The van der Waals surface area contributed by atoms with E-state index in [2.05, 4.69) is 0 Å². The van der Waals surface area contributed by atoms with Crippen molar-refractivity contribution >= 4 is 0 Å².